The van der Waals surface area contributed by atoms with Crippen LogP contribution in [0.2, 0.25) is 0 Å². The Labute approximate surface area is 180 Å². The third kappa shape index (κ3) is 3.85. The number of carbonyl (C=O) groups excluding carboxylic acids is 1. The molecule has 0 bridgehead atoms. The van der Waals surface area contributed by atoms with Gasteiger partial charge in [0.15, 0.2) is 0 Å². The number of hydrogen-bond acceptors (Lipinski definition) is 4. The van der Waals surface area contributed by atoms with Crippen molar-refractivity contribution in [3.8, 4) is 11.1 Å². The second kappa shape index (κ2) is 8.21. The zero-order chi connectivity index (χ0) is 20.5. The van der Waals surface area contributed by atoms with E-state index in [1.54, 1.807) is 0 Å². The maximum atomic E-state index is 12.7. The quantitative estimate of drug-likeness (QED) is 0.341. The van der Waals surface area contributed by atoms with Crippen LogP contribution < -0.4 is 0 Å². The molecule has 1 atom stereocenters. The van der Waals surface area contributed by atoms with Gasteiger partial charge in [-0.2, -0.15) is 0 Å². The van der Waals surface area contributed by atoms with Crippen molar-refractivity contribution in [3.05, 3.63) is 82.2 Å². The summed E-state index contributed by atoms with van der Waals surface area (Å²) in [5.41, 5.74) is 3.80. The van der Waals surface area contributed by atoms with Gasteiger partial charge in [0.25, 0.3) is 0 Å². The predicted molar refractivity (Wildman–Crippen MR) is 123 cm³/mol. The molecule has 1 aliphatic heterocycles. The Kier molecular flexibility index (Phi) is 5.28. The molecule has 0 unspecified atom stereocenters. The molecule has 0 amide bonds. The van der Waals surface area contributed by atoms with Crippen molar-refractivity contribution in [2.24, 2.45) is 0 Å². The van der Waals surface area contributed by atoms with Crippen LogP contribution in [0.3, 0.4) is 0 Å². The average Bonchev–Trinajstić information content (AvgIpc) is 3.52. The van der Waals surface area contributed by atoms with Crippen LogP contribution in [0.5, 0.6) is 0 Å². The van der Waals surface area contributed by atoms with Gasteiger partial charge in [0.1, 0.15) is 11.3 Å². The van der Waals surface area contributed by atoms with E-state index in [1.807, 2.05) is 41.8 Å². The van der Waals surface area contributed by atoms with E-state index in [1.165, 1.54) is 30.7 Å². The molecule has 30 heavy (non-hydrogen) atoms. The lowest BCUT2D eigenvalue weighted by molar-refractivity contribution is 0.104. The highest BCUT2D eigenvalue weighted by Crippen LogP contribution is 2.29. The number of furan rings is 1. The highest BCUT2D eigenvalue weighted by atomic mass is 32.1. The van der Waals surface area contributed by atoms with Crippen molar-refractivity contribution in [1.29, 1.82) is 0 Å². The summed E-state index contributed by atoms with van der Waals surface area (Å²) in [5.74, 6) is 1.12. The molecule has 1 aliphatic rings. The van der Waals surface area contributed by atoms with E-state index in [2.05, 4.69) is 36.1 Å². The molecule has 5 rings (SSSR count). The lowest BCUT2D eigenvalue weighted by Gasteiger charge is -2.19. The number of benzene rings is 2. The molecule has 1 fully saturated rings. The molecule has 0 aliphatic carbocycles. The fourth-order valence-corrected chi connectivity index (χ4v) is 5.06. The standard InChI is InChI=1S/C26H25NO2S/c1-18-5-3-12-27(18)13-11-23-17-22-16-20(9-10-24(22)29-23)19-6-2-7-21(15-19)26(28)25-8-4-14-30-25/h2,4,6-10,14-18H,3,5,11-13H2,1H3/t18-/m1/s1. The zero-order valence-electron chi connectivity index (χ0n) is 17.1. The molecule has 1 saturated heterocycles. The van der Waals surface area contributed by atoms with Gasteiger partial charge < -0.3 is 9.32 Å². The van der Waals surface area contributed by atoms with E-state index in [0.29, 0.717) is 6.04 Å². The Morgan fingerprint density at radius 1 is 1.10 bits per heavy atom. The van der Waals surface area contributed by atoms with Gasteiger partial charge in [-0.3, -0.25) is 4.79 Å². The lowest BCUT2D eigenvalue weighted by atomic mass is 10.00. The number of hydrogen-bond donors (Lipinski definition) is 0. The maximum absolute atomic E-state index is 12.7. The Hall–Kier alpha value is -2.69. The Bertz CT molecular complexity index is 1170. The van der Waals surface area contributed by atoms with Crippen LogP contribution in [0.4, 0.5) is 0 Å². The molecule has 0 saturated carbocycles. The van der Waals surface area contributed by atoms with Crippen LogP contribution >= 0.6 is 11.3 Å². The number of rotatable bonds is 6. The van der Waals surface area contributed by atoms with Crippen molar-refractivity contribution in [2.45, 2.75) is 32.2 Å². The molecule has 3 nitrogen and oxygen atoms in total. The molecule has 4 heteroatoms. The van der Waals surface area contributed by atoms with Crippen molar-refractivity contribution in [2.75, 3.05) is 13.1 Å². The lowest BCUT2D eigenvalue weighted by Crippen LogP contribution is -2.28. The van der Waals surface area contributed by atoms with Crippen molar-refractivity contribution in [1.82, 2.24) is 4.90 Å². The number of nitrogens with zero attached hydrogens (tertiary/aromatic N) is 1. The number of thiophene rings is 1. The van der Waals surface area contributed by atoms with E-state index < -0.39 is 0 Å². The fraction of sp³-hybridized carbons (Fsp3) is 0.269. The van der Waals surface area contributed by atoms with E-state index in [-0.39, 0.29) is 5.78 Å². The minimum Gasteiger partial charge on any atom is -0.461 e. The molecule has 2 aromatic heterocycles. The Morgan fingerprint density at radius 3 is 2.80 bits per heavy atom. The van der Waals surface area contributed by atoms with E-state index >= 15 is 0 Å². The number of likely N-dealkylation sites (tertiary alicyclic amines) is 1. The number of carbonyl (C=O) groups is 1. The van der Waals surface area contributed by atoms with Crippen molar-refractivity contribution < 1.29 is 9.21 Å². The Morgan fingerprint density at radius 2 is 2.00 bits per heavy atom. The molecule has 152 valence electrons. The normalized spacial score (nSPS) is 17.0. The summed E-state index contributed by atoms with van der Waals surface area (Å²) in [6.07, 6.45) is 3.55. The topological polar surface area (TPSA) is 33.5 Å². The van der Waals surface area contributed by atoms with E-state index in [4.69, 9.17) is 4.42 Å². The summed E-state index contributed by atoms with van der Waals surface area (Å²) in [4.78, 5) is 16.0. The van der Waals surface area contributed by atoms with Crippen LogP contribution in [0.15, 0.2) is 70.5 Å². The monoisotopic (exact) mass is 415 g/mol. The molecule has 0 spiro atoms. The molecular formula is C26H25NO2S. The van der Waals surface area contributed by atoms with Gasteiger partial charge in [-0.25, -0.2) is 0 Å². The van der Waals surface area contributed by atoms with Crippen LogP contribution in [-0.4, -0.2) is 29.8 Å². The van der Waals surface area contributed by atoms with Crippen LogP contribution in [0, 0.1) is 0 Å². The second-order valence-electron chi connectivity index (χ2n) is 8.13. The van der Waals surface area contributed by atoms with Crippen LogP contribution in [0.1, 0.15) is 40.8 Å². The third-order valence-corrected chi connectivity index (χ3v) is 6.98. The molecule has 4 aromatic rings. The van der Waals surface area contributed by atoms with Gasteiger partial charge in [0, 0.05) is 30.0 Å². The summed E-state index contributed by atoms with van der Waals surface area (Å²) in [7, 11) is 0. The summed E-state index contributed by atoms with van der Waals surface area (Å²) < 4.78 is 6.09. The minimum atomic E-state index is 0.0784. The first kappa shape index (κ1) is 19.3. The van der Waals surface area contributed by atoms with E-state index in [0.717, 1.165) is 51.3 Å². The first-order valence-electron chi connectivity index (χ1n) is 10.6. The van der Waals surface area contributed by atoms with Gasteiger partial charge in [-0.05, 0) is 73.1 Å². The predicted octanol–water partition coefficient (Wildman–Crippen LogP) is 6.42. The molecule has 0 N–H and O–H groups in total. The van der Waals surface area contributed by atoms with Gasteiger partial charge in [-0.1, -0.05) is 30.3 Å². The summed E-state index contributed by atoms with van der Waals surface area (Å²) in [5, 5.41) is 3.05. The van der Waals surface area contributed by atoms with Crippen molar-refractivity contribution in [3.63, 3.8) is 0 Å². The summed E-state index contributed by atoms with van der Waals surface area (Å²) in [6, 6.07) is 20.8. The van der Waals surface area contributed by atoms with Crippen LogP contribution in [0.25, 0.3) is 22.1 Å². The first-order chi connectivity index (χ1) is 14.7. The average molecular weight is 416 g/mol. The molecule has 0 radical (unpaired) electrons. The molecule has 2 aromatic carbocycles. The molecule has 3 heterocycles. The largest absolute Gasteiger partial charge is 0.461 e. The maximum Gasteiger partial charge on any atom is 0.202 e. The highest BCUT2D eigenvalue weighted by molar-refractivity contribution is 7.12. The minimum absolute atomic E-state index is 0.0784. The number of ketones is 1. The Balaban J connectivity index is 1.37. The number of fused-ring (bicyclic) bond motifs is 1. The van der Waals surface area contributed by atoms with Gasteiger partial charge in [-0.15, -0.1) is 11.3 Å². The molecular weight excluding hydrogens is 390 g/mol. The fourth-order valence-electron chi connectivity index (χ4n) is 4.37. The zero-order valence-corrected chi connectivity index (χ0v) is 18.0. The van der Waals surface area contributed by atoms with Gasteiger partial charge in [0.2, 0.25) is 5.78 Å². The highest BCUT2D eigenvalue weighted by Gasteiger charge is 2.20. The summed E-state index contributed by atoms with van der Waals surface area (Å²) >= 11 is 1.48. The van der Waals surface area contributed by atoms with Crippen LogP contribution in [-0.2, 0) is 6.42 Å². The SMILES string of the molecule is C[C@@H]1CCCN1CCc1cc2cc(-c3cccc(C(=O)c4cccs4)c3)ccc2o1. The smallest absolute Gasteiger partial charge is 0.202 e. The second-order valence-corrected chi connectivity index (χ2v) is 9.08. The van der Waals surface area contributed by atoms with Crippen molar-refractivity contribution >= 4 is 28.1 Å². The third-order valence-electron chi connectivity index (χ3n) is 6.11. The van der Waals surface area contributed by atoms with Gasteiger partial charge in [0.05, 0.1) is 4.88 Å². The first-order valence-corrected chi connectivity index (χ1v) is 11.5. The van der Waals surface area contributed by atoms with Gasteiger partial charge >= 0.3 is 0 Å². The van der Waals surface area contributed by atoms with E-state index in [9.17, 15) is 4.79 Å². The summed E-state index contributed by atoms with van der Waals surface area (Å²) in [6.45, 7) is 4.57.